The van der Waals surface area contributed by atoms with Gasteiger partial charge >= 0.3 is 0 Å². The molecule has 0 spiro atoms. The summed E-state index contributed by atoms with van der Waals surface area (Å²) in [6.07, 6.45) is 1.70. The van der Waals surface area contributed by atoms with E-state index in [4.69, 9.17) is 23.2 Å². The lowest BCUT2D eigenvalue weighted by Crippen LogP contribution is -2.16. The van der Waals surface area contributed by atoms with Crippen molar-refractivity contribution in [3.63, 3.8) is 0 Å². The summed E-state index contributed by atoms with van der Waals surface area (Å²) in [5, 5.41) is 11.2. The van der Waals surface area contributed by atoms with E-state index in [9.17, 15) is 9.18 Å². The van der Waals surface area contributed by atoms with E-state index in [1.165, 1.54) is 29.2 Å². The van der Waals surface area contributed by atoms with Gasteiger partial charge in [-0.3, -0.25) is 4.79 Å². The van der Waals surface area contributed by atoms with Crippen LogP contribution in [0.4, 0.5) is 9.52 Å². The van der Waals surface area contributed by atoms with Crippen LogP contribution in [0.5, 0.6) is 0 Å². The van der Waals surface area contributed by atoms with Gasteiger partial charge in [-0.05, 0) is 29.0 Å². The minimum Gasteiger partial charge on any atom is -0.300 e. The number of hydrogen-bond acceptors (Lipinski definition) is 5. The molecule has 26 heavy (non-hydrogen) atoms. The highest BCUT2D eigenvalue weighted by Gasteiger charge is 2.60. The van der Waals surface area contributed by atoms with Crippen LogP contribution >= 0.6 is 46.3 Å². The Morgan fingerprint density at radius 2 is 2.12 bits per heavy atom. The third kappa shape index (κ3) is 4.39. The Labute approximate surface area is 169 Å². The monoisotopic (exact) mass is 431 g/mol. The maximum absolute atomic E-state index is 13.6. The first-order valence-electron chi connectivity index (χ1n) is 7.82. The summed E-state index contributed by atoms with van der Waals surface area (Å²) in [7, 11) is 0. The van der Waals surface area contributed by atoms with Crippen molar-refractivity contribution in [2.75, 3.05) is 5.32 Å². The van der Waals surface area contributed by atoms with Crippen LogP contribution < -0.4 is 5.32 Å². The van der Waals surface area contributed by atoms with Crippen LogP contribution in [0.15, 0.2) is 39.2 Å². The zero-order valence-electron chi connectivity index (χ0n) is 14.0. The van der Waals surface area contributed by atoms with Gasteiger partial charge in [0.2, 0.25) is 11.0 Å². The average Bonchev–Trinajstić information content (AvgIpc) is 2.90. The van der Waals surface area contributed by atoms with Crippen LogP contribution in [-0.2, 0) is 10.5 Å². The standard InChI is InChI=1S/C17H16Cl2FN3OS2/c1-17(2)10(7-12(18)19)13(17)14(24)21-15-22-23-16(26-15)25-8-9-5-3-4-6-11(9)20/h3-7,10,13H,8H2,1-2H3,(H,21,22,24). The number of rotatable bonds is 6. The second-order valence-corrected chi connectivity index (χ2v) is 9.73. The molecule has 0 bridgehead atoms. The summed E-state index contributed by atoms with van der Waals surface area (Å²) in [6.45, 7) is 3.98. The van der Waals surface area contributed by atoms with E-state index in [0.717, 1.165) is 0 Å². The van der Waals surface area contributed by atoms with Gasteiger partial charge in [-0.2, -0.15) is 0 Å². The number of carbonyl (C=O) groups is 1. The number of anilines is 1. The second kappa shape index (κ2) is 7.84. The van der Waals surface area contributed by atoms with Gasteiger partial charge in [0.1, 0.15) is 10.3 Å². The van der Waals surface area contributed by atoms with E-state index in [2.05, 4.69) is 15.5 Å². The van der Waals surface area contributed by atoms with E-state index in [0.29, 0.717) is 20.8 Å². The molecule has 1 fully saturated rings. The molecule has 1 N–H and O–H groups in total. The average molecular weight is 432 g/mol. The molecular weight excluding hydrogens is 416 g/mol. The van der Waals surface area contributed by atoms with E-state index < -0.39 is 0 Å². The highest BCUT2D eigenvalue weighted by molar-refractivity contribution is 8.00. The van der Waals surface area contributed by atoms with Crippen molar-refractivity contribution in [1.29, 1.82) is 0 Å². The van der Waals surface area contributed by atoms with E-state index >= 15 is 0 Å². The van der Waals surface area contributed by atoms with Crippen molar-refractivity contribution >= 4 is 57.3 Å². The predicted octanol–water partition coefficient (Wildman–Crippen LogP) is 5.50. The van der Waals surface area contributed by atoms with Gasteiger partial charge in [-0.25, -0.2) is 4.39 Å². The highest BCUT2D eigenvalue weighted by Crippen LogP contribution is 2.60. The molecule has 3 rings (SSSR count). The highest BCUT2D eigenvalue weighted by atomic mass is 35.5. The van der Waals surface area contributed by atoms with Crippen LogP contribution in [-0.4, -0.2) is 16.1 Å². The zero-order chi connectivity index (χ0) is 18.9. The van der Waals surface area contributed by atoms with Crippen LogP contribution in [0.2, 0.25) is 0 Å². The van der Waals surface area contributed by atoms with Gasteiger partial charge in [0.05, 0.1) is 5.92 Å². The number of amides is 1. The molecular formula is C17H16Cl2FN3OS2. The fraction of sp³-hybridized carbons (Fsp3) is 0.353. The lowest BCUT2D eigenvalue weighted by molar-refractivity contribution is -0.118. The SMILES string of the molecule is CC1(C)C(C=C(Cl)Cl)C1C(=O)Nc1nnc(SCc2ccccc2F)s1. The van der Waals surface area contributed by atoms with Gasteiger partial charge in [0, 0.05) is 5.75 Å². The molecule has 2 atom stereocenters. The molecule has 0 radical (unpaired) electrons. The summed E-state index contributed by atoms with van der Waals surface area (Å²) in [4.78, 5) is 12.5. The lowest BCUT2D eigenvalue weighted by Gasteiger charge is -2.02. The molecule has 0 saturated heterocycles. The van der Waals surface area contributed by atoms with Crippen LogP contribution in [0.1, 0.15) is 19.4 Å². The van der Waals surface area contributed by atoms with Crippen LogP contribution in [0.25, 0.3) is 0 Å². The molecule has 9 heteroatoms. The molecule has 1 aliphatic rings. The summed E-state index contributed by atoms with van der Waals surface area (Å²) in [5.41, 5.74) is 0.400. The Bertz CT molecular complexity index is 852. The van der Waals surface area contributed by atoms with Gasteiger partial charge in [0.25, 0.3) is 0 Å². The summed E-state index contributed by atoms with van der Waals surface area (Å²) in [5.74, 6) is -0.145. The van der Waals surface area contributed by atoms with Crippen molar-refractivity contribution in [1.82, 2.24) is 10.2 Å². The number of nitrogens with zero attached hydrogens (tertiary/aromatic N) is 2. The number of halogens is 3. The molecule has 0 aliphatic heterocycles. The quantitative estimate of drug-likeness (QED) is 0.484. The number of carbonyl (C=O) groups excluding carboxylic acids is 1. The lowest BCUT2D eigenvalue weighted by atomic mass is 10.1. The van der Waals surface area contributed by atoms with Gasteiger partial charge in [-0.15, -0.1) is 10.2 Å². The number of aromatic nitrogens is 2. The predicted molar refractivity (Wildman–Crippen MR) is 105 cm³/mol. The first-order chi connectivity index (χ1) is 12.3. The molecule has 4 nitrogen and oxygen atoms in total. The molecule has 1 aromatic carbocycles. The summed E-state index contributed by atoms with van der Waals surface area (Å²) in [6, 6.07) is 6.61. The molecule has 1 saturated carbocycles. The molecule has 2 aromatic rings. The van der Waals surface area contributed by atoms with E-state index in [1.807, 2.05) is 13.8 Å². The van der Waals surface area contributed by atoms with E-state index in [1.54, 1.807) is 24.3 Å². The Morgan fingerprint density at radius 3 is 2.81 bits per heavy atom. The Kier molecular flexibility index (Phi) is 5.91. The number of benzene rings is 1. The number of nitrogens with one attached hydrogen (secondary N) is 1. The molecule has 1 aromatic heterocycles. The number of hydrogen-bond donors (Lipinski definition) is 1. The molecule has 1 heterocycles. The zero-order valence-corrected chi connectivity index (χ0v) is 17.1. The molecule has 1 amide bonds. The fourth-order valence-electron chi connectivity index (χ4n) is 2.88. The molecule has 2 unspecified atom stereocenters. The largest absolute Gasteiger partial charge is 0.300 e. The maximum Gasteiger partial charge on any atom is 0.230 e. The Hall–Kier alpha value is -1.15. The normalized spacial score (nSPS) is 20.5. The number of thioether (sulfide) groups is 1. The third-order valence-electron chi connectivity index (χ3n) is 4.44. The number of allylic oxidation sites excluding steroid dienone is 1. The van der Waals surface area contributed by atoms with E-state index in [-0.39, 0.29) is 33.5 Å². The maximum atomic E-state index is 13.6. The minimum atomic E-state index is -0.244. The Balaban J connectivity index is 1.58. The van der Waals surface area contributed by atoms with Crippen molar-refractivity contribution < 1.29 is 9.18 Å². The fourth-order valence-corrected chi connectivity index (χ4v) is 4.89. The van der Waals surface area contributed by atoms with Gasteiger partial charge in [0.15, 0.2) is 4.34 Å². The topological polar surface area (TPSA) is 54.9 Å². The van der Waals surface area contributed by atoms with Crippen molar-refractivity contribution in [3.05, 3.63) is 46.2 Å². The van der Waals surface area contributed by atoms with Crippen molar-refractivity contribution in [3.8, 4) is 0 Å². The van der Waals surface area contributed by atoms with Gasteiger partial charge in [-0.1, -0.05) is 78.3 Å². The smallest absolute Gasteiger partial charge is 0.230 e. The first kappa shape index (κ1) is 19.6. The van der Waals surface area contributed by atoms with Crippen molar-refractivity contribution in [2.24, 2.45) is 17.3 Å². The summed E-state index contributed by atoms with van der Waals surface area (Å²) < 4.78 is 14.5. The first-order valence-corrected chi connectivity index (χ1v) is 10.4. The Morgan fingerprint density at radius 1 is 1.38 bits per heavy atom. The summed E-state index contributed by atoms with van der Waals surface area (Å²) >= 11 is 14.1. The van der Waals surface area contributed by atoms with Crippen LogP contribution in [0.3, 0.4) is 0 Å². The second-order valence-electron chi connectivity index (χ2n) is 6.52. The van der Waals surface area contributed by atoms with Crippen molar-refractivity contribution in [2.45, 2.75) is 23.9 Å². The third-order valence-corrected chi connectivity index (χ3v) is 6.72. The molecule has 1 aliphatic carbocycles. The van der Waals surface area contributed by atoms with Crippen LogP contribution in [0, 0.1) is 23.1 Å². The molecule has 138 valence electrons. The van der Waals surface area contributed by atoms with Gasteiger partial charge < -0.3 is 5.32 Å². The minimum absolute atomic E-state index is 0.00433.